The van der Waals surface area contributed by atoms with Gasteiger partial charge in [-0.1, -0.05) is 6.08 Å². The molecule has 1 aromatic rings. The number of hydrogen-bond donors (Lipinski definition) is 1. The molecule has 0 radical (unpaired) electrons. The van der Waals surface area contributed by atoms with Gasteiger partial charge >= 0.3 is 0 Å². The summed E-state index contributed by atoms with van der Waals surface area (Å²) >= 11 is 0. The summed E-state index contributed by atoms with van der Waals surface area (Å²) in [4.78, 5) is 0.162. The second-order valence-electron chi connectivity index (χ2n) is 5.64. The first kappa shape index (κ1) is 18.0. The summed E-state index contributed by atoms with van der Waals surface area (Å²) in [7, 11) is -6.96. The van der Waals surface area contributed by atoms with Gasteiger partial charge in [0.1, 0.15) is 0 Å². The minimum Gasteiger partial charge on any atom is -0.270 e. The van der Waals surface area contributed by atoms with E-state index < -0.39 is 20.0 Å². The average Bonchev–Trinajstić information content (AvgIpc) is 2.47. The van der Waals surface area contributed by atoms with Crippen LogP contribution < -0.4 is 9.03 Å². The summed E-state index contributed by atoms with van der Waals surface area (Å²) in [5.74, 6) is 0.131. The molecule has 23 heavy (non-hydrogen) atoms. The van der Waals surface area contributed by atoms with Crippen molar-refractivity contribution in [3.8, 4) is 0 Å². The Hall–Kier alpha value is -1.38. The minimum atomic E-state index is -3.64. The van der Waals surface area contributed by atoms with Crippen LogP contribution in [0, 0.1) is 13.8 Å². The SMILES string of the molecule is C=CCNS(=O)(=O)c1cc(C)c(N2CCCCS2(=O)=O)cc1C. The van der Waals surface area contributed by atoms with Crippen LogP contribution in [0.4, 0.5) is 5.69 Å². The largest absolute Gasteiger partial charge is 0.270 e. The highest BCUT2D eigenvalue weighted by molar-refractivity contribution is 7.92. The lowest BCUT2D eigenvalue weighted by atomic mass is 10.1. The fourth-order valence-corrected chi connectivity index (χ4v) is 5.64. The normalized spacial score (nSPS) is 17.9. The Morgan fingerprint density at radius 3 is 2.57 bits per heavy atom. The van der Waals surface area contributed by atoms with Gasteiger partial charge in [0.15, 0.2) is 0 Å². The molecule has 128 valence electrons. The Morgan fingerprint density at radius 2 is 1.96 bits per heavy atom. The number of nitrogens with zero attached hydrogens (tertiary/aromatic N) is 1. The molecule has 0 spiro atoms. The van der Waals surface area contributed by atoms with Gasteiger partial charge in [0.05, 0.1) is 16.3 Å². The van der Waals surface area contributed by atoms with Crippen LogP contribution in [0.5, 0.6) is 0 Å². The monoisotopic (exact) mass is 358 g/mol. The van der Waals surface area contributed by atoms with E-state index in [1.165, 1.54) is 16.4 Å². The van der Waals surface area contributed by atoms with Crippen molar-refractivity contribution in [1.29, 1.82) is 0 Å². The summed E-state index contributed by atoms with van der Waals surface area (Å²) in [6.07, 6.45) is 2.93. The summed E-state index contributed by atoms with van der Waals surface area (Å²) < 4.78 is 52.9. The standard InChI is InChI=1S/C15H22N2O4S2/c1-4-7-16-23(20,21)15-11-12(2)14(10-13(15)3)17-8-5-6-9-22(17,18)19/h4,10-11,16H,1,5-9H2,2-3H3. The Morgan fingerprint density at radius 1 is 1.26 bits per heavy atom. The van der Waals surface area contributed by atoms with Crippen molar-refractivity contribution in [3.63, 3.8) is 0 Å². The minimum absolute atomic E-state index is 0.131. The Bertz CT molecular complexity index is 814. The number of sulfonamides is 2. The molecule has 1 fully saturated rings. The van der Waals surface area contributed by atoms with Crippen molar-refractivity contribution in [2.45, 2.75) is 31.6 Å². The molecule has 1 heterocycles. The van der Waals surface area contributed by atoms with Gasteiger partial charge in [0.2, 0.25) is 20.0 Å². The van der Waals surface area contributed by atoms with Crippen LogP contribution in [0.3, 0.4) is 0 Å². The van der Waals surface area contributed by atoms with Crippen LogP contribution in [0.2, 0.25) is 0 Å². The lowest BCUT2D eigenvalue weighted by Crippen LogP contribution is -2.38. The van der Waals surface area contributed by atoms with E-state index in [2.05, 4.69) is 11.3 Å². The van der Waals surface area contributed by atoms with E-state index in [4.69, 9.17) is 0 Å². The van der Waals surface area contributed by atoms with Crippen LogP contribution in [-0.4, -0.2) is 35.7 Å². The van der Waals surface area contributed by atoms with Gasteiger partial charge in [-0.05, 0) is 49.9 Å². The highest BCUT2D eigenvalue weighted by atomic mass is 32.2. The first-order valence-corrected chi connectivity index (χ1v) is 10.5. The topological polar surface area (TPSA) is 83.6 Å². The maximum absolute atomic E-state index is 12.3. The molecule has 0 aromatic heterocycles. The number of nitrogens with one attached hydrogen (secondary N) is 1. The van der Waals surface area contributed by atoms with Crippen molar-refractivity contribution >= 4 is 25.7 Å². The van der Waals surface area contributed by atoms with Crippen LogP contribution in [0.25, 0.3) is 0 Å². The first-order chi connectivity index (χ1) is 10.7. The van der Waals surface area contributed by atoms with E-state index in [9.17, 15) is 16.8 Å². The predicted octanol–water partition coefficient (Wildman–Crippen LogP) is 1.70. The number of hydrogen-bond acceptors (Lipinski definition) is 4. The number of aryl methyl sites for hydroxylation is 2. The van der Waals surface area contributed by atoms with Crippen LogP contribution in [0.15, 0.2) is 29.7 Å². The fourth-order valence-electron chi connectivity index (χ4n) is 2.64. The molecule has 1 aliphatic rings. The second-order valence-corrected chi connectivity index (χ2v) is 9.39. The molecule has 6 nitrogen and oxygen atoms in total. The van der Waals surface area contributed by atoms with Gasteiger partial charge in [0, 0.05) is 13.1 Å². The maximum atomic E-state index is 12.3. The Labute approximate surface area is 138 Å². The molecule has 1 aromatic carbocycles. The molecule has 0 unspecified atom stereocenters. The molecular weight excluding hydrogens is 336 g/mol. The number of benzene rings is 1. The zero-order valence-electron chi connectivity index (χ0n) is 13.4. The number of anilines is 1. The highest BCUT2D eigenvalue weighted by Gasteiger charge is 2.28. The molecular formula is C15H22N2O4S2. The van der Waals surface area contributed by atoms with Gasteiger partial charge < -0.3 is 0 Å². The summed E-state index contributed by atoms with van der Waals surface area (Å²) in [5, 5.41) is 0. The maximum Gasteiger partial charge on any atom is 0.241 e. The quantitative estimate of drug-likeness (QED) is 0.812. The van der Waals surface area contributed by atoms with Gasteiger partial charge in [-0.3, -0.25) is 4.31 Å². The van der Waals surface area contributed by atoms with E-state index in [0.29, 0.717) is 29.8 Å². The molecule has 0 amide bonds. The number of rotatable bonds is 5. The summed E-state index contributed by atoms with van der Waals surface area (Å²) in [6.45, 7) is 7.46. The summed E-state index contributed by atoms with van der Waals surface area (Å²) in [6, 6.07) is 3.17. The molecule has 2 rings (SSSR count). The average molecular weight is 358 g/mol. The molecule has 0 atom stereocenters. The van der Waals surface area contributed by atoms with E-state index in [0.717, 1.165) is 6.42 Å². The zero-order valence-corrected chi connectivity index (χ0v) is 15.0. The van der Waals surface area contributed by atoms with Crippen molar-refractivity contribution in [2.75, 3.05) is 23.1 Å². The predicted molar refractivity (Wildman–Crippen MR) is 91.7 cm³/mol. The molecule has 1 aliphatic heterocycles. The Balaban J connectivity index is 2.47. The second kappa shape index (κ2) is 6.62. The van der Waals surface area contributed by atoms with Gasteiger partial charge in [-0.15, -0.1) is 6.58 Å². The van der Waals surface area contributed by atoms with Gasteiger partial charge in [-0.2, -0.15) is 0 Å². The third-order valence-corrected chi connectivity index (χ3v) is 7.24. The molecule has 0 aliphatic carbocycles. The third-order valence-electron chi connectivity index (χ3n) is 3.82. The third kappa shape index (κ3) is 3.76. The van der Waals surface area contributed by atoms with E-state index in [1.54, 1.807) is 19.9 Å². The highest BCUT2D eigenvalue weighted by Crippen LogP contribution is 2.30. The molecule has 8 heteroatoms. The van der Waals surface area contributed by atoms with Crippen LogP contribution >= 0.6 is 0 Å². The van der Waals surface area contributed by atoms with Crippen molar-refractivity contribution in [1.82, 2.24) is 4.72 Å². The van der Waals surface area contributed by atoms with E-state index in [1.807, 2.05) is 0 Å². The van der Waals surface area contributed by atoms with Crippen LogP contribution in [-0.2, 0) is 20.0 Å². The fraction of sp³-hybridized carbons (Fsp3) is 0.467. The Kier molecular flexibility index (Phi) is 5.17. The smallest absolute Gasteiger partial charge is 0.241 e. The van der Waals surface area contributed by atoms with E-state index >= 15 is 0 Å². The molecule has 0 bridgehead atoms. The molecule has 0 saturated carbocycles. The first-order valence-electron chi connectivity index (χ1n) is 7.41. The van der Waals surface area contributed by atoms with Gasteiger partial charge in [-0.25, -0.2) is 21.6 Å². The van der Waals surface area contributed by atoms with Crippen molar-refractivity contribution in [3.05, 3.63) is 35.9 Å². The van der Waals surface area contributed by atoms with E-state index in [-0.39, 0.29) is 17.2 Å². The van der Waals surface area contributed by atoms with Crippen molar-refractivity contribution in [2.24, 2.45) is 0 Å². The molecule has 1 saturated heterocycles. The lowest BCUT2D eigenvalue weighted by Gasteiger charge is -2.30. The summed E-state index contributed by atoms with van der Waals surface area (Å²) in [5.41, 5.74) is 1.70. The zero-order chi connectivity index (χ0) is 17.3. The lowest BCUT2D eigenvalue weighted by molar-refractivity contribution is 0.574. The molecule has 1 N–H and O–H groups in total. The van der Waals surface area contributed by atoms with Crippen molar-refractivity contribution < 1.29 is 16.8 Å². The van der Waals surface area contributed by atoms with Gasteiger partial charge in [0.25, 0.3) is 0 Å². The van der Waals surface area contributed by atoms with Crippen LogP contribution in [0.1, 0.15) is 24.0 Å².